The van der Waals surface area contributed by atoms with E-state index < -0.39 is 0 Å². The van der Waals surface area contributed by atoms with E-state index in [2.05, 4.69) is 10.3 Å². The summed E-state index contributed by atoms with van der Waals surface area (Å²) in [7, 11) is 3.10. The largest absolute Gasteiger partial charge is 0.497 e. The molecule has 0 unspecified atom stereocenters. The normalized spacial score (nSPS) is 16.7. The van der Waals surface area contributed by atoms with Crippen molar-refractivity contribution >= 4 is 23.2 Å². The molecule has 1 aliphatic rings. The van der Waals surface area contributed by atoms with Gasteiger partial charge < -0.3 is 19.7 Å². The monoisotopic (exact) mass is 389 g/mol. The summed E-state index contributed by atoms with van der Waals surface area (Å²) < 4.78 is 10.4. The predicted molar refractivity (Wildman–Crippen MR) is 103 cm³/mol. The number of carbonyl (C=O) groups excluding carboxylic acids is 2. The zero-order valence-electron chi connectivity index (χ0n) is 15.4. The van der Waals surface area contributed by atoms with E-state index in [1.807, 2.05) is 4.90 Å². The Kier molecular flexibility index (Phi) is 6.28. The highest BCUT2D eigenvalue weighted by Crippen LogP contribution is 2.23. The SMILES string of the molecule is COc1cc(OC)cc(C(=O)NC[C@@H]2CCCN(C(=O)c3cncs3)C2)c1. The smallest absolute Gasteiger partial charge is 0.265 e. The molecule has 1 aromatic heterocycles. The lowest BCUT2D eigenvalue weighted by atomic mass is 9.97. The average Bonchev–Trinajstić information content (AvgIpc) is 3.26. The van der Waals surface area contributed by atoms with Gasteiger partial charge in [0.05, 0.1) is 25.9 Å². The molecule has 27 heavy (non-hydrogen) atoms. The molecule has 1 saturated heterocycles. The first-order valence-electron chi connectivity index (χ1n) is 8.79. The van der Waals surface area contributed by atoms with Gasteiger partial charge in [-0.2, -0.15) is 0 Å². The number of ether oxygens (including phenoxy) is 2. The van der Waals surface area contributed by atoms with Crippen LogP contribution in [-0.2, 0) is 0 Å². The fraction of sp³-hybridized carbons (Fsp3) is 0.421. The molecule has 0 bridgehead atoms. The third kappa shape index (κ3) is 4.77. The van der Waals surface area contributed by atoms with Crippen LogP contribution in [0, 0.1) is 5.92 Å². The molecule has 2 heterocycles. The van der Waals surface area contributed by atoms with Crippen molar-refractivity contribution in [3.63, 3.8) is 0 Å². The standard InChI is InChI=1S/C19H23N3O4S/c1-25-15-6-14(7-16(8-15)26-2)18(23)21-9-13-4-3-5-22(11-13)19(24)17-10-20-12-27-17/h6-8,10,12-13H,3-5,9,11H2,1-2H3,(H,21,23)/t13-/m0/s1. The Morgan fingerprint density at radius 2 is 2.00 bits per heavy atom. The van der Waals surface area contributed by atoms with E-state index >= 15 is 0 Å². The lowest BCUT2D eigenvalue weighted by molar-refractivity contribution is 0.0675. The van der Waals surface area contributed by atoms with Crippen LogP contribution >= 0.6 is 11.3 Å². The van der Waals surface area contributed by atoms with Gasteiger partial charge in [0.1, 0.15) is 16.4 Å². The Morgan fingerprint density at radius 1 is 1.26 bits per heavy atom. The van der Waals surface area contributed by atoms with Gasteiger partial charge in [-0.1, -0.05) is 0 Å². The zero-order valence-corrected chi connectivity index (χ0v) is 16.3. The van der Waals surface area contributed by atoms with Gasteiger partial charge in [-0.05, 0) is 30.9 Å². The summed E-state index contributed by atoms with van der Waals surface area (Å²) in [6.07, 6.45) is 3.51. The van der Waals surface area contributed by atoms with Gasteiger partial charge in [0.2, 0.25) is 0 Å². The third-order valence-electron chi connectivity index (χ3n) is 4.61. The quantitative estimate of drug-likeness (QED) is 0.821. The van der Waals surface area contributed by atoms with E-state index in [9.17, 15) is 9.59 Å². The van der Waals surface area contributed by atoms with Crippen LogP contribution in [0.25, 0.3) is 0 Å². The van der Waals surface area contributed by atoms with Gasteiger partial charge >= 0.3 is 0 Å². The third-order valence-corrected chi connectivity index (χ3v) is 5.38. The number of carbonyl (C=O) groups is 2. The summed E-state index contributed by atoms with van der Waals surface area (Å²) in [5.41, 5.74) is 2.15. The van der Waals surface area contributed by atoms with E-state index in [4.69, 9.17) is 9.47 Å². The Balaban J connectivity index is 1.58. The average molecular weight is 389 g/mol. The highest BCUT2D eigenvalue weighted by atomic mass is 32.1. The minimum atomic E-state index is -0.182. The van der Waals surface area contributed by atoms with Crippen LogP contribution in [0.1, 0.15) is 32.9 Å². The Hall–Kier alpha value is -2.61. The number of benzene rings is 1. The summed E-state index contributed by atoms with van der Waals surface area (Å²) in [5.74, 6) is 1.20. The molecule has 0 saturated carbocycles. The molecule has 1 aliphatic heterocycles. The van der Waals surface area contributed by atoms with Gasteiger partial charge in [-0.25, -0.2) is 0 Å². The number of nitrogens with zero attached hydrogens (tertiary/aromatic N) is 2. The first-order valence-corrected chi connectivity index (χ1v) is 9.67. The molecule has 1 N–H and O–H groups in total. The number of hydrogen-bond acceptors (Lipinski definition) is 6. The van der Waals surface area contributed by atoms with Crippen molar-refractivity contribution < 1.29 is 19.1 Å². The molecule has 0 radical (unpaired) electrons. The van der Waals surface area contributed by atoms with Crippen molar-refractivity contribution in [2.75, 3.05) is 33.9 Å². The maximum Gasteiger partial charge on any atom is 0.265 e. The van der Waals surface area contributed by atoms with Crippen molar-refractivity contribution in [2.45, 2.75) is 12.8 Å². The first kappa shape index (κ1) is 19.2. The van der Waals surface area contributed by atoms with Crippen molar-refractivity contribution in [1.82, 2.24) is 15.2 Å². The Morgan fingerprint density at radius 3 is 2.63 bits per heavy atom. The number of piperidine rings is 1. The summed E-state index contributed by atoms with van der Waals surface area (Å²) in [5, 5.41) is 2.97. The number of likely N-dealkylation sites (tertiary alicyclic amines) is 1. The van der Waals surface area contributed by atoms with E-state index in [1.165, 1.54) is 11.3 Å². The van der Waals surface area contributed by atoms with Crippen LogP contribution in [0.5, 0.6) is 11.5 Å². The Bertz CT molecular complexity index is 772. The fourth-order valence-corrected chi connectivity index (χ4v) is 3.76. The number of aromatic nitrogens is 1. The van der Waals surface area contributed by atoms with E-state index in [1.54, 1.807) is 44.1 Å². The number of methoxy groups -OCH3 is 2. The zero-order chi connectivity index (χ0) is 19.2. The molecular weight excluding hydrogens is 366 g/mol. The van der Waals surface area contributed by atoms with Gasteiger partial charge in [0.25, 0.3) is 11.8 Å². The first-order chi connectivity index (χ1) is 13.1. The molecule has 1 fully saturated rings. The van der Waals surface area contributed by atoms with E-state index in [-0.39, 0.29) is 17.7 Å². The Labute approximate surface area is 162 Å². The van der Waals surface area contributed by atoms with Gasteiger partial charge in [-0.3, -0.25) is 14.6 Å². The number of hydrogen-bond donors (Lipinski definition) is 1. The minimum Gasteiger partial charge on any atom is -0.497 e. The molecule has 8 heteroatoms. The maximum atomic E-state index is 12.5. The molecule has 7 nitrogen and oxygen atoms in total. The van der Waals surface area contributed by atoms with Crippen LogP contribution in [0.4, 0.5) is 0 Å². The van der Waals surface area contributed by atoms with E-state index in [0.717, 1.165) is 19.4 Å². The topological polar surface area (TPSA) is 80.8 Å². The molecule has 1 atom stereocenters. The second-order valence-corrected chi connectivity index (χ2v) is 7.32. The lowest BCUT2D eigenvalue weighted by Crippen LogP contribution is -2.43. The highest BCUT2D eigenvalue weighted by molar-refractivity contribution is 7.11. The summed E-state index contributed by atoms with van der Waals surface area (Å²) in [4.78, 5) is 31.5. The molecule has 0 spiro atoms. The number of amides is 2. The molecule has 2 amide bonds. The van der Waals surface area contributed by atoms with E-state index in [0.29, 0.717) is 35.0 Å². The summed E-state index contributed by atoms with van der Waals surface area (Å²) >= 11 is 1.35. The van der Waals surface area contributed by atoms with Crippen molar-refractivity contribution in [1.29, 1.82) is 0 Å². The molecule has 1 aromatic carbocycles. The summed E-state index contributed by atoms with van der Waals surface area (Å²) in [6, 6.07) is 5.08. The van der Waals surface area contributed by atoms with Crippen LogP contribution in [0.2, 0.25) is 0 Å². The fourth-order valence-electron chi connectivity index (χ4n) is 3.17. The van der Waals surface area contributed by atoms with Gasteiger partial charge in [0, 0.05) is 31.3 Å². The summed E-state index contributed by atoms with van der Waals surface area (Å²) in [6.45, 7) is 1.90. The molecule has 0 aliphatic carbocycles. The number of rotatable bonds is 6. The van der Waals surface area contributed by atoms with Gasteiger partial charge in [-0.15, -0.1) is 11.3 Å². The van der Waals surface area contributed by atoms with Crippen LogP contribution in [-0.4, -0.2) is 55.6 Å². The van der Waals surface area contributed by atoms with Crippen LogP contribution in [0.3, 0.4) is 0 Å². The predicted octanol–water partition coefficient (Wildman–Crippen LogP) is 2.44. The maximum absolute atomic E-state index is 12.5. The molecule has 144 valence electrons. The van der Waals surface area contributed by atoms with Gasteiger partial charge in [0.15, 0.2) is 0 Å². The highest BCUT2D eigenvalue weighted by Gasteiger charge is 2.25. The minimum absolute atomic E-state index is 0.0195. The van der Waals surface area contributed by atoms with Crippen LogP contribution in [0.15, 0.2) is 29.9 Å². The number of thiazole rings is 1. The van der Waals surface area contributed by atoms with Crippen molar-refractivity contribution in [3.8, 4) is 11.5 Å². The molecular formula is C19H23N3O4S. The molecule has 2 aromatic rings. The van der Waals surface area contributed by atoms with Crippen molar-refractivity contribution in [3.05, 3.63) is 40.3 Å². The second-order valence-electron chi connectivity index (χ2n) is 6.44. The van der Waals surface area contributed by atoms with Crippen LogP contribution < -0.4 is 14.8 Å². The lowest BCUT2D eigenvalue weighted by Gasteiger charge is -2.32. The molecule has 3 rings (SSSR count). The van der Waals surface area contributed by atoms with Crippen molar-refractivity contribution in [2.24, 2.45) is 5.92 Å². The number of nitrogens with one attached hydrogen (secondary N) is 1. The second kappa shape index (κ2) is 8.85.